The Morgan fingerprint density at radius 3 is 1.79 bits per heavy atom. The highest BCUT2D eigenvalue weighted by atomic mass is 16.1. The molecule has 0 saturated heterocycles. The molecule has 4 nitrogen and oxygen atoms in total. The van der Waals surface area contributed by atoms with Crippen molar-refractivity contribution in [1.29, 1.82) is 0 Å². The van der Waals surface area contributed by atoms with Gasteiger partial charge in [0.2, 0.25) is 0 Å². The molecule has 0 unspecified atom stereocenters. The summed E-state index contributed by atoms with van der Waals surface area (Å²) in [5.41, 5.74) is 5.96. The molecule has 0 bridgehead atoms. The van der Waals surface area contributed by atoms with Crippen molar-refractivity contribution in [3.8, 4) is 0 Å². The minimum Gasteiger partial charge on any atom is -0.375 e. The summed E-state index contributed by atoms with van der Waals surface area (Å²) in [4.78, 5) is 26.6. The molecule has 4 heteroatoms. The van der Waals surface area contributed by atoms with Crippen LogP contribution in [0.5, 0.6) is 0 Å². The number of benzene rings is 2. The zero-order valence-corrected chi connectivity index (χ0v) is 18.3. The van der Waals surface area contributed by atoms with E-state index in [2.05, 4.69) is 35.9 Å². The molecule has 0 N–H and O–H groups in total. The molecule has 156 valence electrons. The van der Waals surface area contributed by atoms with Crippen molar-refractivity contribution in [2.45, 2.75) is 46.5 Å². The fourth-order valence-corrected chi connectivity index (χ4v) is 3.62. The number of anilines is 2. The zero-order chi connectivity index (χ0) is 21.2. The van der Waals surface area contributed by atoms with Gasteiger partial charge in [0.1, 0.15) is 12.6 Å². The molecule has 0 aliphatic rings. The van der Waals surface area contributed by atoms with Gasteiger partial charge < -0.3 is 9.80 Å². The number of aldehydes is 2. The Morgan fingerprint density at radius 1 is 0.759 bits per heavy atom. The van der Waals surface area contributed by atoms with E-state index >= 15 is 0 Å². The van der Waals surface area contributed by atoms with Crippen molar-refractivity contribution < 1.29 is 9.59 Å². The lowest BCUT2D eigenvalue weighted by molar-refractivity contribution is 0.111. The van der Waals surface area contributed by atoms with Crippen molar-refractivity contribution >= 4 is 23.9 Å². The Kier molecular flexibility index (Phi) is 8.91. The van der Waals surface area contributed by atoms with Crippen LogP contribution >= 0.6 is 0 Å². The smallest absolute Gasteiger partial charge is 0.150 e. The van der Waals surface area contributed by atoms with Crippen LogP contribution < -0.4 is 9.80 Å². The third-order valence-electron chi connectivity index (χ3n) is 5.62. The largest absolute Gasteiger partial charge is 0.375 e. The standard InChI is InChI=1S/C25H34N2O2/c1-5-27(25-13-11-23(19-29)21(3)17-25)15-9-7-6-8-14-26(4)24-12-10-22(18-28)20(2)16-24/h10-13,16-19H,5-9,14-15H2,1-4H3. The second kappa shape index (κ2) is 11.4. The summed E-state index contributed by atoms with van der Waals surface area (Å²) < 4.78 is 0. The predicted molar refractivity (Wildman–Crippen MR) is 123 cm³/mol. The molecular weight excluding hydrogens is 360 g/mol. The molecule has 2 aromatic rings. The van der Waals surface area contributed by atoms with Crippen LogP contribution in [-0.2, 0) is 0 Å². The molecule has 0 saturated carbocycles. The normalized spacial score (nSPS) is 10.6. The summed E-state index contributed by atoms with van der Waals surface area (Å²) in [7, 11) is 2.11. The Hall–Kier alpha value is -2.62. The summed E-state index contributed by atoms with van der Waals surface area (Å²) >= 11 is 0. The van der Waals surface area contributed by atoms with Crippen molar-refractivity contribution in [1.82, 2.24) is 0 Å². The van der Waals surface area contributed by atoms with E-state index < -0.39 is 0 Å². The minimum absolute atomic E-state index is 0.763. The van der Waals surface area contributed by atoms with Crippen LogP contribution in [0.4, 0.5) is 11.4 Å². The topological polar surface area (TPSA) is 40.6 Å². The number of hydrogen-bond donors (Lipinski definition) is 0. The molecule has 0 fully saturated rings. The van der Waals surface area contributed by atoms with Crippen LogP contribution in [-0.4, -0.2) is 39.3 Å². The summed E-state index contributed by atoms with van der Waals surface area (Å²) in [5.74, 6) is 0. The Labute approximate surface area is 175 Å². The van der Waals surface area contributed by atoms with E-state index in [0.29, 0.717) is 0 Å². The SMILES string of the molecule is CCN(CCCCCCN(C)c1ccc(C=O)c(C)c1)c1ccc(C=O)c(C)c1. The van der Waals surface area contributed by atoms with Gasteiger partial charge in [0.05, 0.1) is 0 Å². The monoisotopic (exact) mass is 394 g/mol. The Morgan fingerprint density at radius 2 is 1.28 bits per heavy atom. The fourth-order valence-electron chi connectivity index (χ4n) is 3.62. The van der Waals surface area contributed by atoms with Gasteiger partial charge in [0.25, 0.3) is 0 Å². The molecule has 0 spiro atoms. The second-order valence-electron chi connectivity index (χ2n) is 7.73. The number of aryl methyl sites for hydroxylation is 2. The van der Waals surface area contributed by atoms with Crippen molar-refractivity contribution in [2.24, 2.45) is 0 Å². The van der Waals surface area contributed by atoms with E-state index in [0.717, 1.165) is 60.9 Å². The summed E-state index contributed by atoms with van der Waals surface area (Å²) in [6, 6.07) is 12.1. The molecule has 2 rings (SSSR count). The second-order valence-corrected chi connectivity index (χ2v) is 7.73. The van der Waals surface area contributed by atoms with E-state index in [1.54, 1.807) is 0 Å². The number of hydrogen-bond acceptors (Lipinski definition) is 4. The molecule has 0 radical (unpaired) electrons. The van der Waals surface area contributed by atoms with Gasteiger partial charge in [0.15, 0.2) is 0 Å². The number of carbonyl (C=O) groups is 2. The molecule has 0 amide bonds. The molecule has 29 heavy (non-hydrogen) atoms. The van der Waals surface area contributed by atoms with Crippen LogP contribution in [0.25, 0.3) is 0 Å². The first-order chi connectivity index (χ1) is 14.0. The van der Waals surface area contributed by atoms with Gasteiger partial charge in [-0.1, -0.05) is 12.8 Å². The molecule has 0 atom stereocenters. The third kappa shape index (κ3) is 6.45. The highest BCUT2D eigenvalue weighted by Crippen LogP contribution is 2.20. The molecular formula is C25H34N2O2. The van der Waals surface area contributed by atoms with Gasteiger partial charge in [-0.2, -0.15) is 0 Å². The highest BCUT2D eigenvalue weighted by molar-refractivity contribution is 5.79. The van der Waals surface area contributed by atoms with Gasteiger partial charge in [-0.25, -0.2) is 0 Å². The van der Waals surface area contributed by atoms with Crippen LogP contribution in [0.1, 0.15) is 64.4 Å². The average Bonchev–Trinajstić information content (AvgIpc) is 2.73. The first kappa shape index (κ1) is 22.7. The van der Waals surface area contributed by atoms with Crippen LogP contribution in [0.3, 0.4) is 0 Å². The lowest BCUT2D eigenvalue weighted by Crippen LogP contribution is -2.24. The number of rotatable bonds is 12. The molecule has 2 aromatic carbocycles. The number of carbonyl (C=O) groups excluding carboxylic acids is 2. The maximum absolute atomic E-state index is 11.0. The maximum Gasteiger partial charge on any atom is 0.150 e. The van der Waals surface area contributed by atoms with Gasteiger partial charge in [0, 0.05) is 49.2 Å². The summed E-state index contributed by atoms with van der Waals surface area (Å²) in [6.45, 7) is 9.18. The fraction of sp³-hybridized carbons (Fsp3) is 0.440. The van der Waals surface area contributed by atoms with Crippen molar-refractivity contribution in [2.75, 3.05) is 36.5 Å². The Balaban J connectivity index is 1.73. The van der Waals surface area contributed by atoms with Crippen LogP contribution in [0, 0.1) is 13.8 Å². The van der Waals surface area contributed by atoms with E-state index in [1.165, 1.54) is 30.6 Å². The first-order valence-corrected chi connectivity index (χ1v) is 10.6. The number of unbranched alkanes of at least 4 members (excludes halogenated alkanes) is 3. The molecule has 0 aromatic heterocycles. The third-order valence-corrected chi connectivity index (χ3v) is 5.62. The van der Waals surface area contributed by atoms with Crippen molar-refractivity contribution in [3.63, 3.8) is 0 Å². The predicted octanol–water partition coefficient (Wildman–Crippen LogP) is 5.45. The number of nitrogens with zero attached hydrogens (tertiary/aromatic N) is 2. The van der Waals surface area contributed by atoms with E-state index in [9.17, 15) is 9.59 Å². The van der Waals surface area contributed by atoms with Gasteiger partial charge >= 0.3 is 0 Å². The minimum atomic E-state index is 0.763. The van der Waals surface area contributed by atoms with E-state index in [-0.39, 0.29) is 0 Å². The van der Waals surface area contributed by atoms with E-state index in [1.807, 2.05) is 38.1 Å². The van der Waals surface area contributed by atoms with Crippen LogP contribution in [0.2, 0.25) is 0 Å². The Bertz CT molecular complexity index is 816. The molecule has 0 aliphatic heterocycles. The lowest BCUT2D eigenvalue weighted by Gasteiger charge is -2.24. The first-order valence-electron chi connectivity index (χ1n) is 10.6. The van der Waals surface area contributed by atoms with Crippen molar-refractivity contribution in [3.05, 3.63) is 58.7 Å². The molecule has 0 aliphatic carbocycles. The van der Waals surface area contributed by atoms with Crippen LogP contribution in [0.15, 0.2) is 36.4 Å². The maximum atomic E-state index is 11.0. The highest BCUT2D eigenvalue weighted by Gasteiger charge is 2.07. The molecule has 0 heterocycles. The van der Waals surface area contributed by atoms with Gasteiger partial charge in [-0.3, -0.25) is 9.59 Å². The average molecular weight is 395 g/mol. The summed E-state index contributed by atoms with van der Waals surface area (Å²) in [5, 5.41) is 0. The van der Waals surface area contributed by atoms with Gasteiger partial charge in [-0.05, 0) is 81.1 Å². The lowest BCUT2D eigenvalue weighted by atomic mass is 10.1. The van der Waals surface area contributed by atoms with E-state index in [4.69, 9.17) is 0 Å². The van der Waals surface area contributed by atoms with Gasteiger partial charge in [-0.15, -0.1) is 0 Å². The summed E-state index contributed by atoms with van der Waals surface area (Å²) in [6.07, 6.45) is 6.57. The quantitative estimate of drug-likeness (QED) is 0.354. The zero-order valence-electron chi connectivity index (χ0n) is 18.3.